The lowest BCUT2D eigenvalue weighted by atomic mass is 9.77. The van der Waals surface area contributed by atoms with Crippen molar-refractivity contribution in [3.05, 3.63) is 196 Å². The number of nitrogens with zero attached hydrogens (tertiary/aromatic N) is 1. The van der Waals surface area contributed by atoms with Crippen molar-refractivity contribution in [1.82, 2.24) is 4.57 Å². The van der Waals surface area contributed by atoms with E-state index in [0.29, 0.717) is 0 Å². The van der Waals surface area contributed by atoms with Gasteiger partial charge in [0.2, 0.25) is 0 Å². The summed E-state index contributed by atoms with van der Waals surface area (Å²) in [6, 6.07) is 43.8. The Kier molecular flexibility index (Phi) is 7.72. The van der Waals surface area contributed by atoms with Crippen LogP contribution >= 0.6 is 0 Å². The number of rotatable bonds is 6. The number of hydrogen-bond donors (Lipinski definition) is 0. The molecule has 0 amide bonds. The molecule has 1 nitrogen and oxygen atoms in total. The summed E-state index contributed by atoms with van der Waals surface area (Å²) in [4.78, 5) is 0. The molecule has 6 aromatic rings. The van der Waals surface area contributed by atoms with Crippen LogP contribution in [-0.2, 0) is 11.8 Å². The highest BCUT2D eigenvalue weighted by Gasteiger charge is 2.36. The topological polar surface area (TPSA) is 4.93 Å². The van der Waals surface area contributed by atoms with Crippen molar-refractivity contribution in [3.63, 3.8) is 0 Å². The van der Waals surface area contributed by atoms with Crippen molar-refractivity contribution in [2.75, 3.05) is 0 Å². The Balaban J connectivity index is 0.994. The van der Waals surface area contributed by atoms with Gasteiger partial charge in [0.15, 0.2) is 0 Å². The Morgan fingerprint density at radius 3 is 2.25 bits per heavy atom. The van der Waals surface area contributed by atoms with Gasteiger partial charge < -0.3 is 4.57 Å². The van der Waals surface area contributed by atoms with Crippen LogP contribution in [0.2, 0.25) is 0 Å². The second kappa shape index (κ2) is 12.8. The molecule has 1 heterocycles. The zero-order valence-electron chi connectivity index (χ0n) is 30.8. The molecule has 0 saturated carbocycles. The third kappa shape index (κ3) is 5.36. The Morgan fingerprint density at radius 2 is 1.40 bits per heavy atom. The number of fused-ring (bicyclic) bond motifs is 6. The molecule has 53 heavy (non-hydrogen) atoms. The molecule has 4 aliphatic rings. The normalized spacial score (nSPS) is 17.4. The molecular formula is C52H45N. The van der Waals surface area contributed by atoms with Crippen molar-refractivity contribution < 1.29 is 0 Å². The Hall–Kier alpha value is -5.66. The lowest BCUT2D eigenvalue weighted by Gasteiger charge is -2.27. The highest BCUT2D eigenvalue weighted by Crippen LogP contribution is 2.50. The van der Waals surface area contributed by atoms with Crippen LogP contribution in [0.25, 0.3) is 50.5 Å². The molecule has 4 aliphatic carbocycles. The van der Waals surface area contributed by atoms with Crippen LogP contribution in [0.5, 0.6) is 0 Å². The first-order chi connectivity index (χ1) is 26.0. The fourth-order valence-corrected chi connectivity index (χ4v) is 9.70. The van der Waals surface area contributed by atoms with Gasteiger partial charge in [-0.25, -0.2) is 0 Å². The molecule has 5 aromatic carbocycles. The fourth-order valence-electron chi connectivity index (χ4n) is 9.70. The van der Waals surface area contributed by atoms with E-state index < -0.39 is 0 Å². The third-order valence-corrected chi connectivity index (χ3v) is 12.4. The molecule has 1 heteroatoms. The number of benzene rings is 5. The molecule has 1 atom stereocenters. The minimum Gasteiger partial charge on any atom is -0.313 e. The van der Waals surface area contributed by atoms with E-state index in [-0.39, 0.29) is 11.3 Å². The number of aryl methyl sites for hydroxylation is 1. The van der Waals surface area contributed by atoms with Crippen molar-refractivity contribution >= 4 is 28.2 Å². The zero-order valence-corrected chi connectivity index (χ0v) is 30.8. The first-order valence-corrected chi connectivity index (χ1v) is 19.5. The summed E-state index contributed by atoms with van der Waals surface area (Å²) in [7, 11) is 0. The molecule has 0 radical (unpaired) electrons. The van der Waals surface area contributed by atoms with Crippen LogP contribution in [0, 0.1) is 0 Å². The summed E-state index contributed by atoms with van der Waals surface area (Å²) in [5.74, 6) is 0.227. The number of aromatic nitrogens is 1. The summed E-state index contributed by atoms with van der Waals surface area (Å²) in [5, 5.41) is 1.40. The van der Waals surface area contributed by atoms with Gasteiger partial charge in [-0.05, 0) is 130 Å². The van der Waals surface area contributed by atoms with Gasteiger partial charge in [0.1, 0.15) is 0 Å². The standard InChI is InChI=1S/C52H45N/c1-52(2)47-22-11-9-20-43(47)44-30-28-41(34-48(44)52)51(36-14-5-3-6-15-36)37-26-24-35(25-27-37)38-16-13-17-39(32-38)40-29-31-50-46(33-40)45-21-10-12-23-49(45)53(50)42-18-7-4-8-19-42/h3-7,9,11-18,20,22-24,26,28-34,51H,8,10,19,21,25,27H2,1-2H3. The summed E-state index contributed by atoms with van der Waals surface area (Å²) in [5.41, 5.74) is 20.8. The lowest BCUT2D eigenvalue weighted by Crippen LogP contribution is -2.16. The smallest absolute Gasteiger partial charge is 0.0534 e. The maximum atomic E-state index is 2.52. The average Bonchev–Trinajstić information content (AvgIpc) is 3.67. The highest BCUT2D eigenvalue weighted by molar-refractivity contribution is 5.95. The molecule has 0 aliphatic heterocycles. The minimum absolute atomic E-state index is 0.0162. The predicted octanol–water partition coefficient (Wildman–Crippen LogP) is 13.7. The largest absolute Gasteiger partial charge is 0.313 e. The van der Waals surface area contributed by atoms with Crippen LogP contribution in [0.3, 0.4) is 0 Å². The maximum Gasteiger partial charge on any atom is 0.0534 e. The molecular weight excluding hydrogens is 639 g/mol. The molecule has 0 bridgehead atoms. The van der Waals surface area contributed by atoms with Gasteiger partial charge in [-0.1, -0.05) is 147 Å². The first kappa shape index (κ1) is 32.0. The monoisotopic (exact) mass is 683 g/mol. The summed E-state index contributed by atoms with van der Waals surface area (Å²) < 4.78 is 2.52. The van der Waals surface area contributed by atoms with Crippen LogP contribution in [-0.4, -0.2) is 4.57 Å². The van der Waals surface area contributed by atoms with Crippen LogP contribution in [0.1, 0.15) is 90.9 Å². The van der Waals surface area contributed by atoms with Gasteiger partial charge in [0, 0.05) is 28.1 Å². The highest BCUT2D eigenvalue weighted by atomic mass is 15.0. The Morgan fingerprint density at radius 1 is 0.585 bits per heavy atom. The summed E-state index contributed by atoms with van der Waals surface area (Å²) >= 11 is 0. The van der Waals surface area contributed by atoms with Crippen molar-refractivity contribution in [2.45, 2.75) is 63.7 Å². The van der Waals surface area contributed by atoms with E-state index in [0.717, 1.165) is 38.5 Å². The molecule has 258 valence electrons. The quantitative estimate of drug-likeness (QED) is 0.165. The van der Waals surface area contributed by atoms with Gasteiger partial charge >= 0.3 is 0 Å². The fraction of sp³-hybridized carbons (Fsp3) is 0.192. The molecule has 0 spiro atoms. The van der Waals surface area contributed by atoms with Gasteiger partial charge in [0.05, 0.1) is 5.52 Å². The lowest BCUT2D eigenvalue weighted by molar-refractivity contribution is 0.658. The van der Waals surface area contributed by atoms with E-state index >= 15 is 0 Å². The molecule has 0 N–H and O–H groups in total. The van der Waals surface area contributed by atoms with Crippen molar-refractivity contribution in [3.8, 4) is 22.3 Å². The van der Waals surface area contributed by atoms with E-state index in [2.05, 4.69) is 176 Å². The molecule has 0 saturated heterocycles. The van der Waals surface area contributed by atoms with E-state index in [9.17, 15) is 0 Å². The van der Waals surface area contributed by atoms with E-state index in [4.69, 9.17) is 0 Å². The molecule has 1 aromatic heterocycles. The van der Waals surface area contributed by atoms with Crippen LogP contribution in [0.4, 0.5) is 0 Å². The van der Waals surface area contributed by atoms with E-state index in [1.54, 1.807) is 0 Å². The average molecular weight is 684 g/mol. The predicted molar refractivity (Wildman–Crippen MR) is 225 cm³/mol. The number of hydrogen-bond acceptors (Lipinski definition) is 0. The SMILES string of the molecule is CC1(C)c2ccccc2-c2ccc(C(C3=CC=C(c4cccc(-c5ccc6c(c5)c5c(n6C6=CC=CCC6)C=CCC5)c4)CC3)c3ccccc3)cc21. The summed E-state index contributed by atoms with van der Waals surface area (Å²) in [6.07, 6.45) is 22.8. The summed E-state index contributed by atoms with van der Waals surface area (Å²) in [6.45, 7) is 4.77. The minimum atomic E-state index is -0.0162. The van der Waals surface area contributed by atoms with Crippen LogP contribution in [0.15, 0.2) is 157 Å². The Labute approximate surface area is 314 Å². The van der Waals surface area contributed by atoms with Crippen molar-refractivity contribution in [2.24, 2.45) is 0 Å². The molecule has 10 rings (SSSR count). The van der Waals surface area contributed by atoms with Gasteiger partial charge in [0.25, 0.3) is 0 Å². The molecule has 0 fully saturated rings. The van der Waals surface area contributed by atoms with Crippen LogP contribution < -0.4 is 0 Å². The van der Waals surface area contributed by atoms with Gasteiger partial charge in [-0.3, -0.25) is 0 Å². The van der Waals surface area contributed by atoms with Gasteiger partial charge in [-0.15, -0.1) is 0 Å². The van der Waals surface area contributed by atoms with E-state index in [1.165, 1.54) is 89.1 Å². The molecule has 1 unspecified atom stereocenters. The van der Waals surface area contributed by atoms with Crippen molar-refractivity contribution in [1.29, 1.82) is 0 Å². The second-order valence-corrected chi connectivity index (χ2v) is 15.8. The zero-order chi connectivity index (χ0) is 35.5. The second-order valence-electron chi connectivity index (χ2n) is 15.8. The third-order valence-electron chi connectivity index (χ3n) is 12.4. The van der Waals surface area contributed by atoms with E-state index in [1.807, 2.05) is 0 Å². The maximum absolute atomic E-state index is 2.52. The Bertz CT molecular complexity index is 2580. The first-order valence-electron chi connectivity index (χ1n) is 19.5. The van der Waals surface area contributed by atoms with Gasteiger partial charge in [-0.2, -0.15) is 0 Å². The number of allylic oxidation sites excluding steroid dienone is 9.